The van der Waals surface area contributed by atoms with E-state index < -0.39 is 0 Å². The third kappa shape index (κ3) is 3.64. The van der Waals surface area contributed by atoms with E-state index in [2.05, 4.69) is 16.5 Å². The topological polar surface area (TPSA) is 72.9 Å². The van der Waals surface area contributed by atoms with Gasteiger partial charge in [0.2, 0.25) is 5.91 Å². The first-order valence-corrected chi connectivity index (χ1v) is 7.50. The van der Waals surface area contributed by atoms with E-state index in [4.69, 9.17) is 18.0 Å². The molecule has 0 saturated carbocycles. The van der Waals surface area contributed by atoms with E-state index in [-0.39, 0.29) is 10.9 Å². The Morgan fingerprint density at radius 2 is 2.40 bits per heavy atom. The fraction of sp³-hybridized carbons (Fsp3) is 0.308. The van der Waals surface area contributed by atoms with Crippen LogP contribution in [0.15, 0.2) is 23.7 Å². The van der Waals surface area contributed by atoms with Gasteiger partial charge in [-0.05, 0) is 24.3 Å². The lowest BCUT2D eigenvalue weighted by Crippen LogP contribution is -2.18. The van der Waals surface area contributed by atoms with Crippen LogP contribution in [0, 0.1) is 0 Å². The Bertz CT molecular complexity index is 604. The number of aryl methyl sites for hydroxylation is 2. The van der Waals surface area contributed by atoms with Crippen LogP contribution < -0.4 is 11.1 Å². The molecular weight excluding hydrogens is 292 g/mol. The second kappa shape index (κ2) is 6.62. The quantitative estimate of drug-likeness (QED) is 0.801. The smallest absolute Gasteiger partial charge is 0.225 e. The van der Waals surface area contributed by atoms with E-state index in [9.17, 15) is 4.79 Å². The van der Waals surface area contributed by atoms with Crippen LogP contribution >= 0.6 is 23.6 Å². The summed E-state index contributed by atoms with van der Waals surface area (Å²) in [6.45, 7) is 0. The van der Waals surface area contributed by atoms with Gasteiger partial charge in [0.05, 0.1) is 11.8 Å². The van der Waals surface area contributed by atoms with Gasteiger partial charge in [0.25, 0.3) is 0 Å². The van der Waals surface area contributed by atoms with Gasteiger partial charge in [0.15, 0.2) is 0 Å². The second-order valence-electron chi connectivity index (χ2n) is 4.38. The van der Waals surface area contributed by atoms with Gasteiger partial charge in [-0.25, -0.2) is 0 Å². The van der Waals surface area contributed by atoms with E-state index in [1.165, 1.54) is 4.88 Å². The number of thiophene rings is 1. The molecular formula is C13H16N4OS2. The second-order valence-corrected chi connectivity index (χ2v) is 5.85. The maximum absolute atomic E-state index is 11.9. The van der Waals surface area contributed by atoms with E-state index in [1.807, 2.05) is 11.4 Å². The summed E-state index contributed by atoms with van der Waals surface area (Å²) in [4.78, 5) is 13.5. The van der Waals surface area contributed by atoms with Crippen molar-refractivity contribution in [1.82, 2.24) is 9.78 Å². The van der Waals surface area contributed by atoms with Crippen LogP contribution in [0.4, 0.5) is 5.82 Å². The Hall–Kier alpha value is -1.73. The molecule has 0 fully saturated rings. The molecule has 0 aliphatic heterocycles. The number of nitrogens with two attached hydrogens (primary N) is 1. The molecule has 0 aliphatic carbocycles. The summed E-state index contributed by atoms with van der Waals surface area (Å²) in [7, 11) is 1.74. The van der Waals surface area contributed by atoms with Gasteiger partial charge in [-0.15, -0.1) is 11.3 Å². The van der Waals surface area contributed by atoms with Crippen molar-refractivity contribution in [3.8, 4) is 0 Å². The van der Waals surface area contributed by atoms with Gasteiger partial charge in [0, 0.05) is 18.3 Å². The van der Waals surface area contributed by atoms with Crippen LogP contribution in [-0.2, 0) is 18.3 Å². The van der Waals surface area contributed by atoms with Crippen LogP contribution in [0.2, 0.25) is 0 Å². The van der Waals surface area contributed by atoms with E-state index in [0.717, 1.165) is 12.8 Å². The summed E-state index contributed by atoms with van der Waals surface area (Å²) < 4.78 is 1.56. The molecule has 0 radical (unpaired) electrons. The Morgan fingerprint density at radius 3 is 3.05 bits per heavy atom. The van der Waals surface area contributed by atoms with E-state index >= 15 is 0 Å². The molecule has 0 spiro atoms. The van der Waals surface area contributed by atoms with Crippen LogP contribution in [-0.4, -0.2) is 20.7 Å². The minimum atomic E-state index is -0.0531. The minimum absolute atomic E-state index is 0.0531. The number of hydrogen-bond acceptors (Lipinski definition) is 4. The largest absolute Gasteiger partial charge is 0.389 e. The molecule has 2 aromatic rings. The summed E-state index contributed by atoms with van der Waals surface area (Å²) in [5.41, 5.74) is 6.19. The van der Waals surface area contributed by atoms with Crippen molar-refractivity contribution in [2.24, 2.45) is 12.8 Å². The Balaban J connectivity index is 1.88. The highest BCUT2D eigenvalue weighted by molar-refractivity contribution is 7.80. The van der Waals surface area contributed by atoms with E-state index in [0.29, 0.717) is 17.8 Å². The van der Waals surface area contributed by atoms with Crippen LogP contribution in [0.25, 0.3) is 0 Å². The van der Waals surface area contributed by atoms with Crippen molar-refractivity contribution >= 4 is 40.3 Å². The molecule has 0 saturated heterocycles. The molecule has 0 aliphatic rings. The monoisotopic (exact) mass is 308 g/mol. The highest BCUT2D eigenvalue weighted by atomic mass is 32.1. The van der Waals surface area contributed by atoms with Crippen LogP contribution in [0.5, 0.6) is 0 Å². The number of carbonyl (C=O) groups is 1. The molecule has 7 heteroatoms. The third-order valence-corrected chi connectivity index (χ3v) is 4.03. The number of anilines is 1. The number of thiocarbonyl (C=S) groups is 1. The molecule has 2 heterocycles. The van der Waals surface area contributed by atoms with Crippen molar-refractivity contribution in [2.75, 3.05) is 5.32 Å². The van der Waals surface area contributed by atoms with Crippen molar-refractivity contribution in [3.05, 3.63) is 34.2 Å². The maximum Gasteiger partial charge on any atom is 0.225 e. The van der Waals surface area contributed by atoms with Crippen molar-refractivity contribution in [2.45, 2.75) is 19.3 Å². The fourth-order valence-electron chi connectivity index (χ4n) is 1.84. The third-order valence-electron chi connectivity index (χ3n) is 2.87. The summed E-state index contributed by atoms with van der Waals surface area (Å²) in [5.74, 6) is 0.501. The van der Waals surface area contributed by atoms with Gasteiger partial charge in [-0.1, -0.05) is 18.3 Å². The Labute approximate surface area is 126 Å². The first-order valence-electron chi connectivity index (χ1n) is 6.22. The zero-order chi connectivity index (χ0) is 14.5. The Kier molecular flexibility index (Phi) is 4.86. The molecule has 106 valence electrons. The van der Waals surface area contributed by atoms with Crippen molar-refractivity contribution in [3.63, 3.8) is 0 Å². The SMILES string of the molecule is Cn1ncc(C(N)=S)c1NC(=O)CCCc1cccs1. The Morgan fingerprint density at radius 1 is 1.60 bits per heavy atom. The normalized spacial score (nSPS) is 10.4. The fourth-order valence-corrected chi connectivity index (χ4v) is 2.74. The highest BCUT2D eigenvalue weighted by Crippen LogP contribution is 2.15. The summed E-state index contributed by atoms with van der Waals surface area (Å²) in [5, 5.41) is 8.91. The van der Waals surface area contributed by atoms with Crippen LogP contribution in [0.3, 0.4) is 0 Å². The zero-order valence-electron chi connectivity index (χ0n) is 11.1. The average Bonchev–Trinajstić information content (AvgIpc) is 3.01. The zero-order valence-corrected chi connectivity index (χ0v) is 12.8. The summed E-state index contributed by atoms with van der Waals surface area (Å²) in [6, 6.07) is 4.10. The number of nitrogens with one attached hydrogen (secondary N) is 1. The molecule has 2 aromatic heterocycles. The molecule has 3 N–H and O–H groups in total. The number of hydrogen-bond donors (Lipinski definition) is 2. The highest BCUT2D eigenvalue weighted by Gasteiger charge is 2.13. The number of aromatic nitrogens is 2. The molecule has 0 atom stereocenters. The molecule has 5 nitrogen and oxygen atoms in total. The average molecular weight is 308 g/mol. The summed E-state index contributed by atoms with van der Waals surface area (Å²) in [6.07, 6.45) is 3.74. The van der Waals surface area contributed by atoms with Crippen LogP contribution in [0.1, 0.15) is 23.3 Å². The van der Waals surface area contributed by atoms with Gasteiger partial charge in [-0.2, -0.15) is 5.10 Å². The summed E-state index contributed by atoms with van der Waals surface area (Å²) >= 11 is 6.64. The minimum Gasteiger partial charge on any atom is -0.389 e. The van der Waals surface area contributed by atoms with E-state index in [1.54, 1.807) is 29.3 Å². The molecule has 0 unspecified atom stereocenters. The molecule has 20 heavy (non-hydrogen) atoms. The molecule has 0 bridgehead atoms. The number of rotatable bonds is 6. The maximum atomic E-state index is 11.9. The standard InChI is InChI=1S/C13H16N4OS2/c1-17-13(10(8-15-17)12(14)19)16-11(18)6-2-4-9-5-3-7-20-9/h3,5,7-8H,2,4,6H2,1H3,(H2,14,19)(H,16,18). The van der Waals surface area contributed by atoms with Gasteiger partial charge in [-0.3, -0.25) is 9.48 Å². The predicted octanol–water partition coefficient (Wildman–Crippen LogP) is 2.08. The predicted molar refractivity (Wildman–Crippen MR) is 85.0 cm³/mol. The van der Waals surface area contributed by atoms with Gasteiger partial charge < -0.3 is 11.1 Å². The molecule has 1 amide bonds. The molecule has 2 rings (SSSR count). The first-order chi connectivity index (χ1) is 9.58. The lowest BCUT2D eigenvalue weighted by Gasteiger charge is -2.07. The first kappa shape index (κ1) is 14.7. The number of amides is 1. The number of nitrogens with zero attached hydrogens (tertiary/aromatic N) is 2. The van der Waals surface area contributed by atoms with Gasteiger partial charge >= 0.3 is 0 Å². The lowest BCUT2D eigenvalue weighted by molar-refractivity contribution is -0.116. The van der Waals surface area contributed by atoms with Crippen molar-refractivity contribution in [1.29, 1.82) is 0 Å². The number of carbonyl (C=O) groups excluding carboxylic acids is 1. The van der Waals surface area contributed by atoms with Gasteiger partial charge in [0.1, 0.15) is 10.8 Å². The lowest BCUT2D eigenvalue weighted by atomic mass is 10.2. The van der Waals surface area contributed by atoms with Crippen molar-refractivity contribution < 1.29 is 4.79 Å². The molecule has 0 aromatic carbocycles.